The molecule has 2 heterocycles. The van der Waals surface area contributed by atoms with Gasteiger partial charge in [-0.2, -0.15) is 5.26 Å². The summed E-state index contributed by atoms with van der Waals surface area (Å²) in [5, 5.41) is 22.1. The van der Waals surface area contributed by atoms with Gasteiger partial charge >= 0.3 is 5.97 Å². The minimum Gasteiger partial charge on any atom is -0.476 e. The van der Waals surface area contributed by atoms with Crippen molar-refractivity contribution in [2.24, 2.45) is 0 Å². The molecule has 6 nitrogen and oxygen atoms in total. The molecule has 0 saturated carbocycles. The predicted octanol–water partition coefficient (Wildman–Crippen LogP) is 2.25. The molecule has 6 heteroatoms. The number of nitriles is 1. The van der Waals surface area contributed by atoms with Crippen molar-refractivity contribution >= 4 is 16.9 Å². The standard InChI is InChI=1S/C14H9N3O3/c15-7-9-1-2-13-10(5-9)3-4-17(13)8-11-6-12(14(18)19)16-20-11/h1-6H,8H2,(H,18,19). The summed E-state index contributed by atoms with van der Waals surface area (Å²) in [6.45, 7) is 0.385. The van der Waals surface area contributed by atoms with Crippen LogP contribution in [0.3, 0.4) is 0 Å². The average molecular weight is 267 g/mol. The highest BCUT2D eigenvalue weighted by atomic mass is 16.5. The van der Waals surface area contributed by atoms with Crippen LogP contribution in [0.15, 0.2) is 41.1 Å². The Labute approximate surface area is 113 Å². The number of carboxylic acids is 1. The molecule has 0 fully saturated rings. The van der Waals surface area contributed by atoms with E-state index in [1.54, 1.807) is 12.1 Å². The molecule has 0 saturated heterocycles. The Morgan fingerprint density at radius 1 is 1.40 bits per heavy atom. The predicted molar refractivity (Wildman–Crippen MR) is 69.2 cm³/mol. The number of aromatic nitrogens is 2. The highest BCUT2D eigenvalue weighted by Gasteiger charge is 2.11. The molecule has 1 N–H and O–H groups in total. The summed E-state index contributed by atoms with van der Waals surface area (Å²) in [5.41, 5.74) is 1.43. The van der Waals surface area contributed by atoms with E-state index in [1.807, 2.05) is 22.9 Å². The van der Waals surface area contributed by atoms with Crippen LogP contribution < -0.4 is 0 Å². The number of carboxylic acid groups (broad SMARTS) is 1. The third kappa shape index (κ3) is 2.01. The Hall–Kier alpha value is -3.07. The fourth-order valence-electron chi connectivity index (χ4n) is 2.06. The molecule has 0 unspecified atom stereocenters. The Kier molecular flexibility index (Phi) is 2.73. The molecule has 2 aromatic heterocycles. The normalized spacial score (nSPS) is 10.6. The molecule has 0 atom stereocenters. The minimum atomic E-state index is -1.11. The third-order valence-electron chi connectivity index (χ3n) is 3.00. The van der Waals surface area contributed by atoms with Crippen LogP contribution >= 0.6 is 0 Å². The Morgan fingerprint density at radius 2 is 2.25 bits per heavy atom. The summed E-state index contributed by atoms with van der Waals surface area (Å²) in [5.74, 6) is -0.653. The van der Waals surface area contributed by atoms with E-state index in [-0.39, 0.29) is 5.69 Å². The third-order valence-corrected chi connectivity index (χ3v) is 3.00. The lowest BCUT2D eigenvalue weighted by Gasteiger charge is -2.01. The molecular weight excluding hydrogens is 258 g/mol. The average Bonchev–Trinajstić information content (AvgIpc) is 3.06. The summed E-state index contributed by atoms with van der Waals surface area (Å²) >= 11 is 0. The summed E-state index contributed by atoms with van der Waals surface area (Å²) in [6.07, 6.45) is 1.86. The smallest absolute Gasteiger partial charge is 0.358 e. The van der Waals surface area contributed by atoms with E-state index in [4.69, 9.17) is 14.9 Å². The van der Waals surface area contributed by atoms with Gasteiger partial charge in [0, 0.05) is 23.2 Å². The lowest BCUT2D eigenvalue weighted by molar-refractivity contribution is 0.0685. The maximum Gasteiger partial charge on any atom is 0.358 e. The maximum atomic E-state index is 10.7. The number of nitrogens with zero attached hydrogens (tertiary/aromatic N) is 3. The molecule has 0 aliphatic rings. The Balaban J connectivity index is 1.94. The van der Waals surface area contributed by atoms with Gasteiger partial charge in [-0.3, -0.25) is 0 Å². The van der Waals surface area contributed by atoms with Gasteiger partial charge in [0.1, 0.15) is 0 Å². The highest BCUT2D eigenvalue weighted by Crippen LogP contribution is 2.19. The van der Waals surface area contributed by atoms with Crippen molar-refractivity contribution in [2.75, 3.05) is 0 Å². The van der Waals surface area contributed by atoms with Crippen LogP contribution in [0.25, 0.3) is 10.9 Å². The van der Waals surface area contributed by atoms with E-state index in [2.05, 4.69) is 11.2 Å². The van der Waals surface area contributed by atoms with Crippen LogP contribution in [-0.4, -0.2) is 20.8 Å². The fourth-order valence-corrected chi connectivity index (χ4v) is 2.06. The van der Waals surface area contributed by atoms with E-state index in [9.17, 15) is 4.79 Å². The van der Waals surface area contributed by atoms with Crippen LogP contribution in [0.5, 0.6) is 0 Å². The summed E-state index contributed by atoms with van der Waals surface area (Å²) in [4.78, 5) is 10.7. The first-order valence-electron chi connectivity index (χ1n) is 5.85. The second-order valence-corrected chi connectivity index (χ2v) is 4.31. The summed E-state index contributed by atoms with van der Waals surface area (Å²) in [6, 6.07) is 10.8. The molecule has 3 aromatic rings. The van der Waals surface area contributed by atoms with Crippen molar-refractivity contribution in [3.63, 3.8) is 0 Å². The van der Waals surface area contributed by atoms with E-state index < -0.39 is 5.97 Å². The number of carbonyl (C=O) groups is 1. The van der Waals surface area contributed by atoms with Gasteiger partial charge in [0.2, 0.25) is 0 Å². The highest BCUT2D eigenvalue weighted by molar-refractivity contribution is 5.85. The van der Waals surface area contributed by atoms with E-state index >= 15 is 0 Å². The van der Waals surface area contributed by atoms with Gasteiger partial charge in [-0.15, -0.1) is 0 Å². The number of benzene rings is 1. The van der Waals surface area contributed by atoms with Crippen molar-refractivity contribution in [1.82, 2.24) is 9.72 Å². The summed E-state index contributed by atoms with van der Waals surface area (Å²) in [7, 11) is 0. The lowest BCUT2D eigenvalue weighted by atomic mass is 10.2. The molecule has 0 aliphatic carbocycles. The fraction of sp³-hybridized carbons (Fsp3) is 0.0714. The zero-order valence-corrected chi connectivity index (χ0v) is 10.3. The largest absolute Gasteiger partial charge is 0.476 e. The number of fused-ring (bicyclic) bond motifs is 1. The quantitative estimate of drug-likeness (QED) is 0.785. The Bertz CT molecular complexity index is 839. The van der Waals surface area contributed by atoms with Crippen molar-refractivity contribution < 1.29 is 14.4 Å². The van der Waals surface area contributed by atoms with E-state index in [0.29, 0.717) is 17.9 Å². The van der Waals surface area contributed by atoms with Crippen LogP contribution in [0.2, 0.25) is 0 Å². The zero-order valence-electron chi connectivity index (χ0n) is 10.3. The molecule has 0 radical (unpaired) electrons. The van der Waals surface area contributed by atoms with Gasteiger partial charge in [-0.1, -0.05) is 5.16 Å². The van der Waals surface area contributed by atoms with Gasteiger partial charge in [-0.25, -0.2) is 4.79 Å². The molecule has 0 amide bonds. The topological polar surface area (TPSA) is 92.0 Å². The van der Waals surface area contributed by atoms with Crippen LogP contribution in [0, 0.1) is 11.3 Å². The summed E-state index contributed by atoms with van der Waals surface area (Å²) < 4.78 is 6.89. The number of hydrogen-bond donors (Lipinski definition) is 1. The Morgan fingerprint density at radius 3 is 2.95 bits per heavy atom. The van der Waals surface area contributed by atoms with Gasteiger partial charge < -0.3 is 14.2 Å². The molecule has 20 heavy (non-hydrogen) atoms. The SMILES string of the molecule is N#Cc1ccc2c(ccn2Cc2cc(C(=O)O)no2)c1. The molecular formula is C14H9N3O3. The van der Waals surface area contributed by atoms with Crippen molar-refractivity contribution in [2.45, 2.75) is 6.54 Å². The van der Waals surface area contributed by atoms with Crippen LogP contribution in [-0.2, 0) is 6.54 Å². The first-order valence-corrected chi connectivity index (χ1v) is 5.85. The molecule has 98 valence electrons. The number of rotatable bonds is 3. The monoisotopic (exact) mass is 267 g/mol. The second-order valence-electron chi connectivity index (χ2n) is 4.31. The second kappa shape index (κ2) is 4.55. The van der Waals surface area contributed by atoms with Gasteiger partial charge in [0.15, 0.2) is 11.5 Å². The molecule has 0 spiro atoms. The molecule has 3 rings (SSSR count). The van der Waals surface area contributed by atoms with Crippen molar-refractivity contribution in [3.05, 3.63) is 53.5 Å². The van der Waals surface area contributed by atoms with E-state index in [1.165, 1.54) is 6.07 Å². The maximum absolute atomic E-state index is 10.7. The number of aromatic carboxylic acids is 1. The van der Waals surface area contributed by atoms with Gasteiger partial charge in [0.05, 0.1) is 18.2 Å². The van der Waals surface area contributed by atoms with Gasteiger partial charge in [0.25, 0.3) is 0 Å². The lowest BCUT2D eigenvalue weighted by Crippen LogP contribution is -1.97. The van der Waals surface area contributed by atoms with E-state index in [0.717, 1.165) is 10.9 Å². The minimum absolute atomic E-state index is 0.108. The van der Waals surface area contributed by atoms with Crippen LogP contribution in [0.4, 0.5) is 0 Å². The molecule has 1 aromatic carbocycles. The first-order chi connectivity index (χ1) is 9.67. The molecule has 0 bridgehead atoms. The first kappa shape index (κ1) is 12.0. The van der Waals surface area contributed by atoms with Gasteiger partial charge in [-0.05, 0) is 24.3 Å². The molecule has 0 aliphatic heterocycles. The zero-order chi connectivity index (χ0) is 14.1. The van der Waals surface area contributed by atoms with Crippen molar-refractivity contribution in [3.8, 4) is 6.07 Å². The number of hydrogen-bond acceptors (Lipinski definition) is 4. The van der Waals surface area contributed by atoms with Crippen molar-refractivity contribution in [1.29, 1.82) is 5.26 Å². The van der Waals surface area contributed by atoms with Crippen LogP contribution in [0.1, 0.15) is 21.8 Å².